The molecule has 0 saturated carbocycles. The summed E-state index contributed by atoms with van der Waals surface area (Å²) in [5.41, 5.74) is 13.1. The predicted octanol–water partition coefficient (Wildman–Crippen LogP) is 13.6. The van der Waals surface area contributed by atoms with Crippen LogP contribution in [0.15, 0.2) is 150 Å². The molecule has 6 nitrogen and oxygen atoms in total. The molecule has 6 aromatic carbocycles. The Morgan fingerprint density at radius 3 is 2.18 bits per heavy atom. The number of furan rings is 1. The number of benzene rings is 6. The van der Waals surface area contributed by atoms with E-state index in [9.17, 15) is 5.11 Å². The minimum atomic E-state index is -0.0878. The molecule has 0 aliphatic carbocycles. The predicted molar refractivity (Wildman–Crippen MR) is 241 cm³/mol. The fourth-order valence-corrected chi connectivity index (χ4v) is 8.29. The van der Waals surface area contributed by atoms with E-state index in [0.717, 1.165) is 71.8 Å². The SMILES string of the molecule is CC(C)(C)c1ccc(-n2c(-c3[c-]c(-c4cc(C(C)(C)C)cc5cccnc45)cnc3)nc3c(-c4c(O)ccc5c4oc4ccccc45)cccc32)c(-c2ccccc2)c1.[Pt]. The van der Waals surface area contributed by atoms with Crippen molar-refractivity contribution in [3.8, 4) is 56.2 Å². The first-order valence-electron chi connectivity index (χ1n) is 20.1. The summed E-state index contributed by atoms with van der Waals surface area (Å²) in [6.07, 6.45) is 5.55. The maximum atomic E-state index is 11.7. The number of phenols is 1. The molecule has 4 aromatic heterocycles. The van der Waals surface area contributed by atoms with E-state index in [0.29, 0.717) is 22.5 Å². The Morgan fingerprint density at radius 1 is 0.633 bits per heavy atom. The molecule has 7 heteroatoms. The maximum Gasteiger partial charge on any atom is 0.147 e. The van der Waals surface area contributed by atoms with Crippen LogP contribution in [-0.2, 0) is 31.9 Å². The maximum absolute atomic E-state index is 11.7. The Bertz CT molecular complexity index is 3260. The van der Waals surface area contributed by atoms with E-state index in [2.05, 4.69) is 119 Å². The van der Waals surface area contributed by atoms with Crippen molar-refractivity contribution in [2.45, 2.75) is 52.4 Å². The van der Waals surface area contributed by atoms with Crippen LogP contribution in [0, 0.1) is 6.07 Å². The molecular formula is C53H43N4O2Pt-. The van der Waals surface area contributed by atoms with Gasteiger partial charge in [-0.15, -0.1) is 6.07 Å². The van der Waals surface area contributed by atoms with Gasteiger partial charge in [0.25, 0.3) is 0 Å². The molecule has 298 valence electrons. The molecule has 1 N–H and O–H groups in total. The van der Waals surface area contributed by atoms with Crippen molar-refractivity contribution in [2.75, 3.05) is 0 Å². The van der Waals surface area contributed by atoms with Crippen LogP contribution in [0.2, 0.25) is 0 Å². The summed E-state index contributed by atoms with van der Waals surface area (Å²) in [7, 11) is 0. The Kier molecular flexibility index (Phi) is 9.60. The van der Waals surface area contributed by atoms with Crippen molar-refractivity contribution in [3.63, 3.8) is 0 Å². The Labute approximate surface area is 363 Å². The van der Waals surface area contributed by atoms with Crippen molar-refractivity contribution in [1.29, 1.82) is 0 Å². The number of fused-ring (bicyclic) bond motifs is 5. The molecule has 0 saturated heterocycles. The zero-order valence-corrected chi connectivity index (χ0v) is 36.6. The van der Waals surface area contributed by atoms with Gasteiger partial charge in [0.1, 0.15) is 16.9 Å². The molecule has 0 unspecified atom stereocenters. The third-order valence-electron chi connectivity index (χ3n) is 11.4. The number of para-hydroxylation sites is 2. The fraction of sp³-hybridized carbons (Fsp3) is 0.151. The largest absolute Gasteiger partial charge is 0.507 e. The Balaban J connectivity index is 0.00000462. The summed E-state index contributed by atoms with van der Waals surface area (Å²) in [6, 6.07) is 47.4. The topological polar surface area (TPSA) is 77.0 Å². The van der Waals surface area contributed by atoms with Crippen LogP contribution in [-0.4, -0.2) is 24.6 Å². The van der Waals surface area contributed by atoms with Gasteiger partial charge in [0.15, 0.2) is 0 Å². The summed E-state index contributed by atoms with van der Waals surface area (Å²) >= 11 is 0. The zero-order valence-electron chi connectivity index (χ0n) is 34.3. The molecule has 0 spiro atoms. The van der Waals surface area contributed by atoms with Gasteiger partial charge in [-0.3, -0.25) is 9.97 Å². The average Bonchev–Trinajstić information content (AvgIpc) is 3.82. The van der Waals surface area contributed by atoms with E-state index >= 15 is 0 Å². The average molecular weight is 963 g/mol. The van der Waals surface area contributed by atoms with Gasteiger partial charge in [0, 0.05) is 60.4 Å². The Hall–Kier alpha value is -6.36. The number of hydrogen-bond acceptors (Lipinski definition) is 5. The van der Waals surface area contributed by atoms with Crippen LogP contribution in [0.4, 0.5) is 0 Å². The van der Waals surface area contributed by atoms with Crippen LogP contribution in [0.25, 0.3) is 94.3 Å². The molecule has 10 aromatic rings. The second kappa shape index (κ2) is 14.7. The van der Waals surface area contributed by atoms with E-state index in [1.807, 2.05) is 73.2 Å². The normalized spacial score (nSPS) is 12.1. The summed E-state index contributed by atoms with van der Waals surface area (Å²) in [5, 5.41) is 14.7. The van der Waals surface area contributed by atoms with Crippen LogP contribution in [0.5, 0.6) is 5.75 Å². The molecule has 0 radical (unpaired) electrons. The zero-order chi connectivity index (χ0) is 40.6. The number of phenolic OH excluding ortho intramolecular Hbond substituents is 1. The van der Waals surface area contributed by atoms with Crippen LogP contribution >= 0.6 is 0 Å². The number of imidazole rings is 1. The van der Waals surface area contributed by atoms with Gasteiger partial charge in [-0.1, -0.05) is 143 Å². The third-order valence-corrected chi connectivity index (χ3v) is 11.4. The first kappa shape index (κ1) is 39.1. The van der Waals surface area contributed by atoms with E-state index < -0.39 is 0 Å². The number of nitrogens with zero attached hydrogens (tertiary/aromatic N) is 4. The number of aromatic hydroxyl groups is 1. The molecule has 0 aliphatic rings. The number of aromatic nitrogens is 4. The minimum absolute atomic E-state index is 0. The first-order chi connectivity index (χ1) is 28.4. The third kappa shape index (κ3) is 6.60. The van der Waals surface area contributed by atoms with Gasteiger partial charge in [-0.2, -0.15) is 0 Å². The summed E-state index contributed by atoms with van der Waals surface area (Å²) < 4.78 is 8.74. The van der Waals surface area contributed by atoms with Gasteiger partial charge in [-0.05, 0) is 87.8 Å². The second-order valence-electron chi connectivity index (χ2n) is 17.4. The van der Waals surface area contributed by atoms with Gasteiger partial charge in [-0.25, -0.2) is 0 Å². The molecule has 0 fully saturated rings. The van der Waals surface area contributed by atoms with Crippen molar-refractivity contribution in [2.24, 2.45) is 0 Å². The van der Waals surface area contributed by atoms with Crippen LogP contribution in [0.1, 0.15) is 52.7 Å². The molecule has 0 amide bonds. The second-order valence-corrected chi connectivity index (χ2v) is 17.4. The van der Waals surface area contributed by atoms with Crippen LogP contribution in [0.3, 0.4) is 0 Å². The van der Waals surface area contributed by atoms with Gasteiger partial charge in [0.05, 0.1) is 22.4 Å². The van der Waals surface area contributed by atoms with E-state index in [1.165, 1.54) is 11.1 Å². The van der Waals surface area contributed by atoms with Gasteiger partial charge >= 0.3 is 0 Å². The smallest absolute Gasteiger partial charge is 0.147 e. The minimum Gasteiger partial charge on any atom is -0.507 e. The quantitative estimate of drug-likeness (QED) is 0.174. The molecule has 60 heavy (non-hydrogen) atoms. The van der Waals surface area contributed by atoms with Crippen molar-refractivity contribution in [1.82, 2.24) is 19.5 Å². The number of pyridine rings is 2. The molecule has 0 bridgehead atoms. The summed E-state index contributed by atoms with van der Waals surface area (Å²) in [5.74, 6) is 0.788. The summed E-state index contributed by atoms with van der Waals surface area (Å²) in [6.45, 7) is 13.4. The first-order valence-corrected chi connectivity index (χ1v) is 20.1. The summed E-state index contributed by atoms with van der Waals surface area (Å²) in [4.78, 5) is 15.2. The van der Waals surface area contributed by atoms with E-state index in [-0.39, 0.29) is 37.6 Å². The number of hydrogen-bond donors (Lipinski definition) is 1. The molecular weight excluding hydrogens is 920 g/mol. The number of rotatable bonds is 5. The fourth-order valence-electron chi connectivity index (χ4n) is 8.29. The Morgan fingerprint density at radius 2 is 1.38 bits per heavy atom. The van der Waals surface area contributed by atoms with E-state index in [1.54, 1.807) is 6.07 Å². The van der Waals surface area contributed by atoms with Gasteiger partial charge in [0.2, 0.25) is 0 Å². The molecule has 0 aliphatic heterocycles. The molecule has 10 rings (SSSR count). The van der Waals surface area contributed by atoms with Crippen molar-refractivity contribution >= 4 is 43.9 Å². The van der Waals surface area contributed by atoms with Crippen molar-refractivity contribution < 1.29 is 30.6 Å². The van der Waals surface area contributed by atoms with Crippen molar-refractivity contribution in [3.05, 3.63) is 163 Å². The van der Waals surface area contributed by atoms with Crippen LogP contribution < -0.4 is 0 Å². The van der Waals surface area contributed by atoms with E-state index in [4.69, 9.17) is 19.4 Å². The monoisotopic (exact) mass is 962 g/mol. The standard InChI is InChI=1S/C53H43N4O2.Pt/c1-52(2,3)36-21-23-43(41(28-36)32-14-8-7-9-15-32)57-44-19-12-18-40(47-45(58)24-22-39-38-17-10-11-20-46(38)59-50(39)47)49(44)56-51(57)35-26-34(30-54-31-35)42-29-37(53(4,5)6)27-33-16-13-25-55-48(33)42;/h7-25,27-31,58H,1-6H3;/q-1;. The van der Waals surface area contributed by atoms with Gasteiger partial charge < -0.3 is 19.1 Å². The molecule has 4 heterocycles. The molecule has 0 atom stereocenters.